The predicted molar refractivity (Wildman–Crippen MR) is 101 cm³/mol. The van der Waals surface area contributed by atoms with Gasteiger partial charge in [0.2, 0.25) is 5.91 Å². The summed E-state index contributed by atoms with van der Waals surface area (Å²) in [6.45, 7) is 1.69. The van der Waals surface area contributed by atoms with Crippen molar-refractivity contribution in [3.63, 3.8) is 0 Å². The van der Waals surface area contributed by atoms with Gasteiger partial charge in [-0.2, -0.15) is 0 Å². The van der Waals surface area contributed by atoms with Gasteiger partial charge in [0.15, 0.2) is 0 Å². The molecule has 2 aromatic rings. The lowest BCUT2D eigenvalue weighted by Gasteiger charge is -2.31. The quantitative estimate of drug-likeness (QED) is 0.856. The molecule has 2 amide bonds. The van der Waals surface area contributed by atoms with Crippen molar-refractivity contribution >= 4 is 23.2 Å². The molecule has 1 saturated carbocycles. The number of piperidine rings is 1. The number of nitrogens with one attached hydrogen (secondary N) is 1. The zero-order chi connectivity index (χ0) is 18.8. The molecule has 0 bridgehead atoms. The molecular weight excluding hydrogens is 365 g/mol. The number of nitrogens with zero attached hydrogens (tertiary/aromatic N) is 2. The fourth-order valence-corrected chi connectivity index (χ4v) is 4.38. The lowest BCUT2D eigenvalue weighted by atomic mass is 9.97. The Morgan fingerprint density at radius 3 is 2.63 bits per heavy atom. The second kappa shape index (κ2) is 7.76. The predicted octanol–water partition coefficient (Wildman–Crippen LogP) is 3.33. The van der Waals surface area contributed by atoms with Gasteiger partial charge in [-0.15, -0.1) is 11.3 Å². The van der Waals surface area contributed by atoms with E-state index in [4.69, 9.17) is 0 Å². The van der Waals surface area contributed by atoms with Crippen LogP contribution in [0.5, 0.6) is 0 Å². The molecule has 2 fully saturated rings. The lowest BCUT2D eigenvalue weighted by molar-refractivity contribution is -0.122. The summed E-state index contributed by atoms with van der Waals surface area (Å²) >= 11 is 1.61. The molecule has 0 radical (unpaired) electrons. The zero-order valence-electron chi connectivity index (χ0n) is 15.0. The van der Waals surface area contributed by atoms with E-state index in [0.29, 0.717) is 25.6 Å². The molecule has 2 aliphatic rings. The first kappa shape index (κ1) is 18.1. The Bertz CT molecular complexity index is 841. The molecule has 1 aromatic heterocycles. The van der Waals surface area contributed by atoms with Gasteiger partial charge in [0.1, 0.15) is 5.82 Å². The smallest absolute Gasteiger partial charge is 0.256 e. The minimum Gasteiger partial charge on any atom is -0.350 e. The molecule has 0 atom stereocenters. The Balaban J connectivity index is 1.31. The highest BCUT2D eigenvalue weighted by Gasteiger charge is 2.30. The van der Waals surface area contributed by atoms with Crippen LogP contribution in [-0.2, 0) is 11.3 Å². The van der Waals surface area contributed by atoms with Crippen LogP contribution in [0.1, 0.15) is 52.7 Å². The van der Waals surface area contributed by atoms with Crippen LogP contribution in [0.3, 0.4) is 0 Å². The van der Waals surface area contributed by atoms with Gasteiger partial charge in [-0.3, -0.25) is 9.59 Å². The molecule has 27 heavy (non-hydrogen) atoms. The normalized spacial score (nSPS) is 17.7. The Hall–Kier alpha value is -2.28. The van der Waals surface area contributed by atoms with E-state index < -0.39 is 5.82 Å². The first-order valence-corrected chi connectivity index (χ1v) is 10.3. The zero-order valence-corrected chi connectivity index (χ0v) is 15.8. The molecule has 0 spiro atoms. The van der Waals surface area contributed by atoms with Gasteiger partial charge in [-0.05, 0) is 37.8 Å². The molecule has 1 aliphatic heterocycles. The minimum absolute atomic E-state index is 0.129. The number of carbonyl (C=O) groups excluding carboxylic acids is 2. The third kappa shape index (κ3) is 4.18. The maximum atomic E-state index is 13.8. The van der Waals surface area contributed by atoms with Gasteiger partial charge >= 0.3 is 0 Å². The van der Waals surface area contributed by atoms with Gasteiger partial charge in [-0.1, -0.05) is 12.1 Å². The number of likely N-dealkylation sites (tertiary alicyclic amines) is 1. The van der Waals surface area contributed by atoms with E-state index in [1.807, 2.05) is 5.38 Å². The SMILES string of the molecule is O=C(NCc1csc(C2CCN(C(=O)c3ccccc3F)CC2)n1)C1CC1. The van der Waals surface area contributed by atoms with Crippen molar-refractivity contribution in [2.45, 2.75) is 38.1 Å². The number of thiazole rings is 1. The van der Waals surface area contributed by atoms with Crippen LogP contribution >= 0.6 is 11.3 Å². The van der Waals surface area contributed by atoms with Crippen molar-refractivity contribution in [2.24, 2.45) is 5.92 Å². The van der Waals surface area contributed by atoms with E-state index in [0.717, 1.165) is 36.4 Å². The number of hydrogen-bond donors (Lipinski definition) is 1. The first-order chi connectivity index (χ1) is 13.1. The topological polar surface area (TPSA) is 62.3 Å². The Morgan fingerprint density at radius 2 is 1.93 bits per heavy atom. The number of aromatic nitrogens is 1. The summed E-state index contributed by atoms with van der Waals surface area (Å²) < 4.78 is 13.8. The van der Waals surface area contributed by atoms with Gasteiger partial charge < -0.3 is 10.2 Å². The monoisotopic (exact) mass is 387 g/mol. The largest absolute Gasteiger partial charge is 0.350 e. The molecule has 2 heterocycles. The molecule has 142 valence electrons. The highest BCUT2D eigenvalue weighted by atomic mass is 32.1. The van der Waals surface area contributed by atoms with E-state index in [2.05, 4.69) is 10.3 Å². The summed E-state index contributed by atoms with van der Waals surface area (Å²) in [5.41, 5.74) is 1.03. The van der Waals surface area contributed by atoms with Crippen molar-refractivity contribution in [3.05, 3.63) is 51.7 Å². The molecule has 7 heteroatoms. The molecule has 1 saturated heterocycles. The Labute approximate surface area is 161 Å². The molecule has 5 nitrogen and oxygen atoms in total. The maximum Gasteiger partial charge on any atom is 0.256 e. The number of benzene rings is 1. The molecule has 0 unspecified atom stereocenters. The van der Waals surface area contributed by atoms with Crippen molar-refractivity contribution in [2.75, 3.05) is 13.1 Å². The Kier molecular flexibility index (Phi) is 5.20. The van der Waals surface area contributed by atoms with Crippen molar-refractivity contribution < 1.29 is 14.0 Å². The van der Waals surface area contributed by atoms with E-state index >= 15 is 0 Å². The summed E-state index contributed by atoms with van der Waals surface area (Å²) in [6, 6.07) is 6.12. The maximum absolute atomic E-state index is 13.8. The summed E-state index contributed by atoms with van der Waals surface area (Å²) in [6.07, 6.45) is 3.64. The summed E-state index contributed by atoms with van der Waals surface area (Å²) in [5.74, 6) is -0.0620. The van der Waals surface area contributed by atoms with Crippen LogP contribution in [0, 0.1) is 11.7 Å². The van der Waals surface area contributed by atoms with Crippen molar-refractivity contribution in [1.29, 1.82) is 0 Å². The van der Waals surface area contributed by atoms with Crippen LogP contribution in [0.2, 0.25) is 0 Å². The highest BCUT2D eigenvalue weighted by molar-refractivity contribution is 7.09. The van der Waals surface area contributed by atoms with Gasteiger partial charge in [0.05, 0.1) is 22.8 Å². The van der Waals surface area contributed by atoms with Crippen LogP contribution in [-0.4, -0.2) is 34.8 Å². The Morgan fingerprint density at radius 1 is 1.19 bits per heavy atom. The van der Waals surface area contributed by atoms with Crippen molar-refractivity contribution in [1.82, 2.24) is 15.2 Å². The average Bonchev–Trinajstić information content (AvgIpc) is 3.44. The molecule has 1 aliphatic carbocycles. The fraction of sp³-hybridized carbons (Fsp3) is 0.450. The highest BCUT2D eigenvalue weighted by Crippen LogP contribution is 2.31. The van der Waals surface area contributed by atoms with E-state index in [9.17, 15) is 14.0 Å². The first-order valence-electron chi connectivity index (χ1n) is 9.37. The van der Waals surface area contributed by atoms with Crippen LogP contribution < -0.4 is 5.32 Å². The number of rotatable bonds is 5. The number of carbonyl (C=O) groups is 2. The summed E-state index contributed by atoms with van der Waals surface area (Å²) in [4.78, 5) is 30.6. The van der Waals surface area contributed by atoms with Crippen LogP contribution in [0.25, 0.3) is 0 Å². The molecule has 1 aromatic carbocycles. The van der Waals surface area contributed by atoms with Gasteiger partial charge in [-0.25, -0.2) is 9.37 Å². The third-order valence-corrected chi connectivity index (χ3v) is 6.25. The van der Waals surface area contributed by atoms with Crippen LogP contribution in [0.4, 0.5) is 4.39 Å². The number of hydrogen-bond acceptors (Lipinski definition) is 4. The lowest BCUT2D eigenvalue weighted by Crippen LogP contribution is -2.38. The molecule has 4 rings (SSSR count). The van der Waals surface area contributed by atoms with E-state index in [1.165, 1.54) is 12.1 Å². The van der Waals surface area contributed by atoms with Crippen LogP contribution in [0.15, 0.2) is 29.6 Å². The average molecular weight is 387 g/mol. The standard InChI is InChI=1S/C20H22FN3O2S/c21-17-4-2-1-3-16(17)20(26)24-9-7-14(8-10-24)19-23-15(12-27-19)11-22-18(25)13-5-6-13/h1-4,12-14H,5-11H2,(H,22,25). The van der Waals surface area contributed by atoms with E-state index in [1.54, 1.807) is 28.4 Å². The van der Waals surface area contributed by atoms with Gasteiger partial charge in [0.25, 0.3) is 5.91 Å². The molecule has 1 N–H and O–H groups in total. The van der Waals surface area contributed by atoms with E-state index in [-0.39, 0.29) is 23.3 Å². The minimum atomic E-state index is -0.470. The number of amides is 2. The number of halogens is 1. The third-order valence-electron chi connectivity index (χ3n) is 5.20. The second-order valence-electron chi connectivity index (χ2n) is 7.22. The summed E-state index contributed by atoms with van der Waals surface area (Å²) in [7, 11) is 0. The second-order valence-corrected chi connectivity index (χ2v) is 8.11. The molecular formula is C20H22FN3O2S. The van der Waals surface area contributed by atoms with Gasteiger partial charge in [0, 0.05) is 30.3 Å². The van der Waals surface area contributed by atoms with Crippen molar-refractivity contribution in [3.8, 4) is 0 Å². The summed E-state index contributed by atoms with van der Waals surface area (Å²) in [5, 5.41) is 6.00. The fourth-order valence-electron chi connectivity index (χ4n) is 3.39.